The van der Waals surface area contributed by atoms with Gasteiger partial charge in [0.25, 0.3) is 0 Å². The molecule has 104 valence electrons. The summed E-state index contributed by atoms with van der Waals surface area (Å²) in [6, 6.07) is 10.4. The van der Waals surface area contributed by atoms with Crippen LogP contribution in [0.1, 0.15) is 65.4 Å². The third kappa shape index (κ3) is 7.50. The van der Waals surface area contributed by atoms with Crippen molar-refractivity contribution in [3.63, 3.8) is 0 Å². The number of ether oxygens (including phenoxy) is 1. The molecule has 0 spiro atoms. The summed E-state index contributed by atoms with van der Waals surface area (Å²) in [6.45, 7) is 8.78. The summed E-state index contributed by atoms with van der Waals surface area (Å²) in [6.07, 6.45) is 7.12. The van der Waals surface area contributed by atoms with Crippen LogP contribution in [0.25, 0.3) is 0 Å². The quantitative estimate of drug-likeness (QED) is 0.679. The minimum Gasteiger partial charge on any atom is -0.374 e. The fourth-order valence-corrected chi connectivity index (χ4v) is 2.02. The Balaban J connectivity index is 0.000000659. The second-order valence-electron chi connectivity index (χ2n) is 4.06. The van der Waals surface area contributed by atoms with Gasteiger partial charge in [-0.05, 0) is 18.4 Å². The van der Waals surface area contributed by atoms with Crippen LogP contribution in [0.3, 0.4) is 0 Å². The fraction of sp³-hybridized carbons (Fsp3) is 0.647. The molecule has 0 bridgehead atoms. The number of benzene rings is 1. The van der Waals surface area contributed by atoms with Crippen molar-refractivity contribution in [3.8, 4) is 0 Å². The molecule has 1 saturated carbocycles. The van der Waals surface area contributed by atoms with Crippen LogP contribution in [-0.4, -0.2) is 6.10 Å². The summed E-state index contributed by atoms with van der Waals surface area (Å²) in [7, 11) is 0. The van der Waals surface area contributed by atoms with Crippen LogP contribution in [0.15, 0.2) is 30.3 Å². The Morgan fingerprint density at radius 2 is 1.44 bits per heavy atom. The van der Waals surface area contributed by atoms with Crippen LogP contribution in [-0.2, 0) is 11.3 Å². The smallest absolute Gasteiger partial charge is 0.0720 e. The molecule has 1 aromatic carbocycles. The lowest BCUT2D eigenvalue weighted by Gasteiger charge is -2.21. The SMILES string of the molecule is CC.CC.c1ccc(COC2CCCCC2)cc1. The lowest BCUT2D eigenvalue weighted by molar-refractivity contribution is 0.0169. The maximum Gasteiger partial charge on any atom is 0.0720 e. The summed E-state index contributed by atoms with van der Waals surface area (Å²) >= 11 is 0. The van der Waals surface area contributed by atoms with E-state index in [1.807, 2.05) is 33.8 Å². The molecule has 0 N–H and O–H groups in total. The molecule has 0 aromatic heterocycles. The second kappa shape index (κ2) is 12.6. The third-order valence-electron chi connectivity index (χ3n) is 2.88. The van der Waals surface area contributed by atoms with Gasteiger partial charge in [-0.1, -0.05) is 77.3 Å². The summed E-state index contributed by atoms with van der Waals surface area (Å²) in [4.78, 5) is 0. The Kier molecular flexibility index (Phi) is 12.1. The van der Waals surface area contributed by atoms with Crippen molar-refractivity contribution < 1.29 is 4.74 Å². The van der Waals surface area contributed by atoms with E-state index in [0.29, 0.717) is 6.10 Å². The first-order valence-corrected chi connectivity index (χ1v) is 7.61. The average molecular weight is 250 g/mol. The number of hydrogen-bond acceptors (Lipinski definition) is 1. The van der Waals surface area contributed by atoms with E-state index in [9.17, 15) is 0 Å². The van der Waals surface area contributed by atoms with Crippen LogP contribution in [0.2, 0.25) is 0 Å². The van der Waals surface area contributed by atoms with Crippen molar-refractivity contribution in [3.05, 3.63) is 35.9 Å². The van der Waals surface area contributed by atoms with Gasteiger partial charge in [0.05, 0.1) is 12.7 Å². The standard InChI is InChI=1S/C13H18O.2C2H6/c1-3-7-12(8-4-1)11-14-13-9-5-2-6-10-13;2*1-2/h1,3-4,7-8,13H,2,5-6,9-11H2;2*1-2H3. The minimum atomic E-state index is 0.518. The fourth-order valence-electron chi connectivity index (χ4n) is 2.02. The predicted molar refractivity (Wildman–Crippen MR) is 80.8 cm³/mol. The molecule has 0 saturated heterocycles. The highest BCUT2D eigenvalue weighted by molar-refractivity contribution is 5.13. The molecule has 0 amide bonds. The zero-order valence-corrected chi connectivity index (χ0v) is 12.6. The summed E-state index contributed by atoms with van der Waals surface area (Å²) in [5, 5.41) is 0. The first-order chi connectivity index (χ1) is 8.95. The lowest BCUT2D eigenvalue weighted by Crippen LogP contribution is -2.16. The van der Waals surface area contributed by atoms with E-state index in [1.165, 1.54) is 37.7 Å². The predicted octanol–water partition coefficient (Wildman–Crippen LogP) is 5.59. The zero-order chi connectivity index (χ0) is 13.6. The van der Waals surface area contributed by atoms with Gasteiger partial charge in [0.1, 0.15) is 0 Å². The van der Waals surface area contributed by atoms with E-state index < -0.39 is 0 Å². The molecule has 1 aliphatic rings. The van der Waals surface area contributed by atoms with E-state index in [2.05, 4.69) is 24.3 Å². The Morgan fingerprint density at radius 3 is 2.00 bits per heavy atom. The Bertz CT molecular complexity index is 250. The largest absolute Gasteiger partial charge is 0.374 e. The van der Waals surface area contributed by atoms with E-state index in [4.69, 9.17) is 4.74 Å². The number of hydrogen-bond donors (Lipinski definition) is 0. The Morgan fingerprint density at radius 1 is 0.889 bits per heavy atom. The molecule has 1 heteroatoms. The molecule has 0 heterocycles. The van der Waals surface area contributed by atoms with Gasteiger partial charge in [0, 0.05) is 0 Å². The lowest BCUT2D eigenvalue weighted by atomic mass is 9.98. The van der Waals surface area contributed by atoms with Crippen molar-refractivity contribution in [1.29, 1.82) is 0 Å². The molecule has 1 nitrogen and oxygen atoms in total. The van der Waals surface area contributed by atoms with Crippen LogP contribution < -0.4 is 0 Å². The minimum absolute atomic E-state index is 0.518. The monoisotopic (exact) mass is 250 g/mol. The van der Waals surface area contributed by atoms with Crippen LogP contribution in [0.5, 0.6) is 0 Å². The summed E-state index contributed by atoms with van der Waals surface area (Å²) in [5.74, 6) is 0. The van der Waals surface area contributed by atoms with E-state index in [1.54, 1.807) is 0 Å². The van der Waals surface area contributed by atoms with Crippen LogP contribution in [0.4, 0.5) is 0 Å². The number of rotatable bonds is 3. The first kappa shape index (κ1) is 17.2. The van der Waals surface area contributed by atoms with Gasteiger partial charge in [0.2, 0.25) is 0 Å². The van der Waals surface area contributed by atoms with Crippen molar-refractivity contribution in [2.24, 2.45) is 0 Å². The highest BCUT2D eigenvalue weighted by atomic mass is 16.5. The molecular formula is C17H30O. The molecule has 1 fully saturated rings. The van der Waals surface area contributed by atoms with Crippen LogP contribution >= 0.6 is 0 Å². The molecule has 0 radical (unpaired) electrons. The summed E-state index contributed by atoms with van der Waals surface area (Å²) < 4.78 is 5.87. The molecule has 0 unspecified atom stereocenters. The Hall–Kier alpha value is -0.820. The topological polar surface area (TPSA) is 9.23 Å². The van der Waals surface area contributed by atoms with E-state index >= 15 is 0 Å². The second-order valence-corrected chi connectivity index (χ2v) is 4.06. The van der Waals surface area contributed by atoms with Crippen LogP contribution in [0, 0.1) is 0 Å². The van der Waals surface area contributed by atoms with Crippen molar-refractivity contribution >= 4 is 0 Å². The van der Waals surface area contributed by atoms with E-state index in [-0.39, 0.29) is 0 Å². The maximum atomic E-state index is 5.87. The van der Waals surface area contributed by atoms with Gasteiger partial charge in [-0.3, -0.25) is 0 Å². The molecule has 1 aromatic rings. The van der Waals surface area contributed by atoms with Gasteiger partial charge in [0.15, 0.2) is 0 Å². The Labute approximate surface area is 114 Å². The highest BCUT2D eigenvalue weighted by Crippen LogP contribution is 2.21. The molecule has 18 heavy (non-hydrogen) atoms. The summed E-state index contributed by atoms with van der Waals surface area (Å²) in [5.41, 5.74) is 1.29. The van der Waals surface area contributed by atoms with Gasteiger partial charge in [-0.25, -0.2) is 0 Å². The normalized spacial score (nSPS) is 14.9. The molecule has 2 rings (SSSR count). The highest BCUT2D eigenvalue weighted by Gasteiger charge is 2.13. The molecule has 0 atom stereocenters. The zero-order valence-electron chi connectivity index (χ0n) is 12.6. The maximum absolute atomic E-state index is 5.87. The van der Waals surface area contributed by atoms with E-state index in [0.717, 1.165) is 6.61 Å². The molecule has 0 aliphatic heterocycles. The van der Waals surface area contributed by atoms with Crippen molar-refractivity contribution in [2.75, 3.05) is 0 Å². The van der Waals surface area contributed by atoms with Gasteiger partial charge >= 0.3 is 0 Å². The van der Waals surface area contributed by atoms with Crippen molar-refractivity contribution in [2.45, 2.75) is 72.5 Å². The average Bonchev–Trinajstić information content (AvgIpc) is 2.51. The van der Waals surface area contributed by atoms with Gasteiger partial charge in [-0.2, -0.15) is 0 Å². The van der Waals surface area contributed by atoms with Gasteiger partial charge < -0.3 is 4.74 Å². The third-order valence-corrected chi connectivity index (χ3v) is 2.88. The van der Waals surface area contributed by atoms with Gasteiger partial charge in [-0.15, -0.1) is 0 Å². The van der Waals surface area contributed by atoms with Crippen molar-refractivity contribution in [1.82, 2.24) is 0 Å². The molecule has 1 aliphatic carbocycles. The molecular weight excluding hydrogens is 220 g/mol. The first-order valence-electron chi connectivity index (χ1n) is 7.61.